The smallest absolute Gasteiger partial charge is 0.293 e. The third-order valence-electron chi connectivity index (χ3n) is 3.06. The summed E-state index contributed by atoms with van der Waals surface area (Å²) in [7, 11) is 0. The van der Waals surface area contributed by atoms with E-state index in [1.54, 1.807) is 12.3 Å². The number of H-pyrrole nitrogens is 1. The minimum Gasteiger partial charge on any atom is -0.462 e. The van der Waals surface area contributed by atoms with Gasteiger partial charge in [0.05, 0.1) is 0 Å². The van der Waals surface area contributed by atoms with Crippen LogP contribution in [0.3, 0.4) is 0 Å². The van der Waals surface area contributed by atoms with E-state index in [4.69, 9.17) is 5.73 Å². The number of piperidine rings is 1. The molecule has 0 spiro atoms. The predicted octanol–water partition coefficient (Wildman–Crippen LogP) is 1.54. The zero-order chi connectivity index (χ0) is 15.9. The standard InChI is InChI=1S/C10H15N3O.C5H10O2/c11-8-3-6-13(7-4-8)10(14)9-2-1-5-12-9;1-5(2,3)7-4-6/h1-2,5,8,12H,3-4,6-7,11H2;4H,1-3H3. The fourth-order valence-corrected chi connectivity index (χ4v) is 1.88. The Morgan fingerprint density at radius 3 is 2.43 bits per heavy atom. The molecule has 1 saturated heterocycles. The molecule has 0 saturated carbocycles. The van der Waals surface area contributed by atoms with E-state index in [9.17, 15) is 9.59 Å². The van der Waals surface area contributed by atoms with Crippen molar-refractivity contribution < 1.29 is 14.3 Å². The van der Waals surface area contributed by atoms with Crippen LogP contribution in [-0.4, -0.2) is 47.0 Å². The van der Waals surface area contributed by atoms with Crippen molar-refractivity contribution in [3.8, 4) is 0 Å². The summed E-state index contributed by atoms with van der Waals surface area (Å²) in [4.78, 5) is 26.2. The van der Waals surface area contributed by atoms with Gasteiger partial charge in [0.15, 0.2) is 0 Å². The van der Waals surface area contributed by atoms with Crippen LogP contribution in [0.4, 0.5) is 0 Å². The van der Waals surface area contributed by atoms with Crippen LogP contribution >= 0.6 is 0 Å². The van der Waals surface area contributed by atoms with Gasteiger partial charge >= 0.3 is 0 Å². The first kappa shape index (κ1) is 17.2. The number of hydrogen-bond acceptors (Lipinski definition) is 4. The van der Waals surface area contributed by atoms with Crippen molar-refractivity contribution >= 4 is 12.4 Å². The Labute approximate surface area is 125 Å². The fraction of sp³-hybridized carbons (Fsp3) is 0.600. The molecular formula is C15H25N3O3. The van der Waals surface area contributed by atoms with Gasteiger partial charge in [0.2, 0.25) is 0 Å². The summed E-state index contributed by atoms with van der Waals surface area (Å²) in [6.07, 6.45) is 3.59. The largest absolute Gasteiger partial charge is 0.462 e. The molecule has 0 radical (unpaired) electrons. The molecule has 21 heavy (non-hydrogen) atoms. The number of nitrogens with zero attached hydrogens (tertiary/aromatic N) is 1. The number of carbonyl (C=O) groups excluding carboxylic acids is 2. The molecule has 0 aliphatic carbocycles. The molecular weight excluding hydrogens is 270 g/mol. The second-order valence-electron chi connectivity index (χ2n) is 6.04. The lowest BCUT2D eigenvalue weighted by molar-refractivity contribution is -0.138. The van der Waals surface area contributed by atoms with Gasteiger partial charge in [0, 0.05) is 25.3 Å². The number of hydrogen-bond donors (Lipinski definition) is 2. The molecule has 6 nitrogen and oxygen atoms in total. The van der Waals surface area contributed by atoms with Gasteiger partial charge in [-0.1, -0.05) is 0 Å². The van der Waals surface area contributed by atoms with Crippen LogP contribution in [0.5, 0.6) is 0 Å². The Hall–Kier alpha value is -1.82. The lowest BCUT2D eigenvalue weighted by Gasteiger charge is -2.29. The summed E-state index contributed by atoms with van der Waals surface area (Å²) in [5.41, 5.74) is 6.12. The highest BCUT2D eigenvalue weighted by atomic mass is 16.5. The molecule has 3 N–H and O–H groups in total. The van der Waals surface area contributed by atoms with E-state index in [-0.39, 0.29) is 17.6 Å². The summed E-state index contributed by atoms with van der Waals surface area (Å²) in [5.74, 6) is 0.0851. The van der Waals surface area contributed by atoms with E-state index in [1.165, 1.54) is 0 Å². The van der Waals surface area contributed by atoms with Crippen LogP contribution in [-0.2, 0) is 9.53 Å². The average molecular weight is 295 g/mol. The van der Waals surface area contributed by atoms with Crippen molar-refractivity contribution in [2.75, 3.05) is 13.1 Å². The molecule has 0 atom stereocenters. The average Bonchev–Trinajstić information content (AvgIpc) is 2.92. The molecule has 2 rings (SSSR count). The summed E-state index contributed by atoms with van der Waals surface area (Å²) in [6, 6.07) is 3.91. The van der Waals surface area contributed by atoms with Gasteiger partial charge in [-0.25, -0.2) is 0 Å². The van der Waals surface area contributed by atoms with Crippen molar-refractivity contribution in [1.82, 2.24) is 9.88 Å². The predicted molar refractivity (Wildman–Crippen MR) is 80.8 cm³/mol. The molecule has 1 aromatic rings. The molecule has 2 heterocycles. The third-order valence-corrected chi connectivity index (χ3v) is 3.06. The molecule has 1 amide bonds. The molecule has 1 aliphatic rings. The van der Waals surface area contributed by atoms with Gasteiger partial charge in [-0.3, -0.25) is 9.59 Å². The Kier molecular flexibility index (Phi) is 6.42. The van der Waals surface area contributed by atoms with Crippen LogP contribution in [0.1, 0.15) is 44.1 Å². The SMILES string of the molecule is CC(C)(C)OC=O.NC1CCN(C(=O)c2ccc[nH]2)CC1. The number of aromatic amines is 1. The molecule has 0 bridgehead atoms. The van der Waals surface area contributed by atoms with Crippen LogP contribution in [0.25, 0.3) is 0 Å². The number of aromatic nitrogens is 1. The van der Waals surface area contributed by atoms with E-state index < -0.39 is 0 Å². The normalized spacial score (nSPS) is 15.9. The molecule has 1 aliphatic heterocycles. The van der Waals surface area contributed by atoms with Gasteiger partial charge in [-0.2, -0.15) is 0 Å². The highest BCUT2D eigenvalue weighted by Crippen LogP contribution is 2.11. The molecule has 0 unspecified atom stereocenters. The van der Waals surface area contributed by atoms with Crippen LogP contribution in [0, 0.1) is 0 Å². The van der Waals surface area contributed by atoms with Crippen molar-refractivity contribution in [3.05, 3.63) is 24.0 Å². The summed E-state index contributed by atoms with van der Waals surface area (Å²) in [5, 5.41) is 0. The van der Waals surface area contributed by atoms with Crippen LogP contribution < -0.4 is 5.73 Å². The second kappa shape index (κ2) is 7.83. The number of likely N-dealkylation sites (tertiary alicyclic amines) is 1. The maximum Gasteiger partial charge on any atom is 0.293 e. The first-order valence-corrected chi connectivity index (χ1v) is 7.13. The van der Waals surface area contributed by atoms with E-state index >= 15 is 0 Å². The van der Waals surface area contributed by atoms with Crippen LogP contribution in [0.15, 0.2) is 18.3 Å². The summed E-state index contributed by atoms with van der Waals surface area (Å²) in [6.45, 7) is 7.47. The van der Waals surface area contributed by atoms with E-state index in [0.717, 1.165) is 25.9 Å². The van der Waals surface area contributed by atoms with Gasteiger partial charge in [-0.15, -0.1) is 0 Å². The summed E-state index contributed by atoms with van der Waals surface area (Å²) < 4.78 is 4.55. The molecule has 6 heteroatoms. The van der Waals surface area contributed by atoms with Crippen molar-refractivity contribution in [3.63, 3.8) is 0 Å². The Morgan fingerprint density at radius 1 is 1.43 bits per heavy atom. The monoisotopic (exact) mass is 295 g/mol. The maximum atomic E-state index is 11.8. The lowest BCUT2D eigenvalue weighted by Crippen LogP contribution is -2.42. The number of amides is 1. The number of nitrogens with two attached hydrogens (primary N) is 1. The highest BCUT2D eigenvalue weighted by molar-refractivity contribution is 5.92. The minimum absolute atomic E-state index is 0.0851. The van der Waals surface area contributed by atoms with Gasteiger partial charge in [-0.05, 0) is 45.7 Å². The number of ether oxygens (including phenoxy) is 1. The minimum atomic E-state index is -0.318. The maximum absolute atomic E-state index is 11.8. The zero-order valence-corrected chi connectivity index (χ0v) is 13.0. The molecule has 1 fully saturated rings. The van der Waals surface area contributed by atoms with Crippen molar-refractivity contribution in [2.45, 2.75) is 45.3 Å². The van der Waals surface area contributed by atoms with Crippen LogP contribution in [0.2, 0.25) is 0 Å². The van der Waals surface area contributed by atoms with Crippen molar-refractivity contribution in [1.29, 1.82) is 0 Å². The van der Waals surface area contributed by atoms with Gasteiger partial charge in [0.1, 0.15) is 11.3 Å². The molecule has 118 valence electrons. The third kappa shape index (κ3) is 6.44. The Bertz CT molecular complexity index is 430. The fourth-order valence-electron chi connectivity index (χ4n) is 1.88. The lowest BCUT2D eigenvalue weighted by atomic mass is 10.1. The van der Waals surface area contributed by atoms with Crippen molar-refractivity contribution in [2.24, 2.45) is 5.73 Å². The van der Waals surface area contributed by atoms with E-state index in [2.05, 4.69) is 9.72 Å². The zero-order valence-electron chi connectivity index (χ0n) is 13.0. The topological polar surface area (TPSA) is 88.4 Å². The number of rotatable bonds is 2. The van der Waals surface area contributed by atoms with E-state index in [0.29, 0.717) is 12.2 Å². The van der Waals surface area contributed by atoms with Gasteiger partial charge < -0.3 is 20.4 Å². The first-order chi connectivity index (χ1) is 9.83. The number of carbonyl (C=O) groups is 2. The Balaban J connectivity index is 0.000000270. The van der Waals surface area contributed by atoms with Gasteiger partial charge in [0.25, 0.3) is 12.4 Å². The summed E-state index contributed by atoms with van der Waals surface area (Å²) >= 11 is 0. The number of nitrogens with one attached hydrogen (secondary N) is 1. The van der Waals surface area contributed by atoms with E-state index in [1.807, 2.05) is 31.7 Å². The highest BCUT2D eigenvalue weighted by Gasteiger charge is 2.21. The second-order valence-corrected chi connectivity index (χ2v) is 6.04. The first-order valence-electron chi connectivity index (χ1n) is 7.13. The molecule has 1 aromatic heterocycles. The quantitative estimate of drug-likeness (QED) is 0.810. The molecule has 0 aromatic carbocycles. The Morgan fingerprint density at radius 2 is 2.05 bits per heavy atom.